The van der Waals surface area contributed by atoms with Gasteiger partial charge in [-0.2, -0.15) is 5.10 Å². The van der Waals surface area contributed by atoms with E-state index in [2.05, 4.69) is 11.4 Å². The second kappa shape index (κ2) is 6.11. The maximum atomic E-state index is 5.43. The molecular weight excluding hydrogens is 258 g/mol. The molecule has 0 aromatic carbocycles. The molecule has 1 N–H and O–H groups in total. The van der Waals surface area contributed by atoms with Crippen molar-refractivity contribution in [3.8, 4) is 0 Å². The SMILES string of the molecule is COC(OC)C1CCNc2cc(C3CCOCC3)nn21. The number of hydrogen-bond donors (Lipinski definition) is 1. The molecule has 20 heavy (non-hydrogen) atoms. The number of hydrogen-bond acceptors (Lipinski definition) is 5. The molecule has 2 aliphatic heterocycles. The summed E-state index contributed by atoms with van der Waals surface area (Å²) in [7, 11) is 3.36. The highest BCUT2D eigenvalue weighted by molar-refractivity contribution is 5.40. The molecule has 0 bridgehead atoms. The lowest BCUT2D eigenvalue weighted by Crippen LogP contribution is -2.34. The molecular formula is C14H23N3O3. The number of anilines is 1. The van der Waals surface area contributed by atoms with Gasteiger partial charge in [0.25, 0.3) is 0 Å². The van der Waals surface area contributed by atoms with Gasteiger partial charge in [0.05, 0.1) is 5.69 Å². The van der Waals surface area contributed by atoms with Crippen molar-refractivity contribution in [2.24, 2.45) is 0 Å². The Morgan fingerprint density at radius 1 is 1.30 bits per heavy atom. The molecule has 2 aliphatic rings. The molecule has 6 heteroatoms. The van der Waals surface area contributed by atoms with E-state index in [0.717, 1.165) is 50.5 Å². The van der Waals surface area contributed by atoms with Crippen molar-refractivity contribution in [2.75, 3.05) is 39.3 Å². The van der Waals surface area contributed by atoms with Crippen LogP contribution < -0.4 is 5.32 Å². The minimum absolute atomic E-state index is 0.134. The lowest BCUT2D eigenvalue weighted by molar-refractivity contribution is -0.135. The summed E-state index contributed by atoms with van der Waals surface area (Å²) in [6.45, 7) is 2.60. The zero-order chi connectivity index (χ0) is 13.9. The van der Waals surface area contributed by atoms with Crippen LogP contribution in [0.1, 0.15) is 36.9 Å². The lowest BCUT2D eigenvalue weighted by atomic mass is 9.97. The minimum Gasteiger partial charge on any atom is -0.381 e. The first kappa shape index (κ1) is 13.9. The van der Waals surface area contributed by atoms with Crippen LogP contribution in [0, 0.1) is 0 Å². The molecule has 0 radical (unpaired) electrons. The van der Waals surface area contributed by atoms with E-state index in [1.165, 1.54) is 0 Å². The molecule has 0 saturated carbocycles. The second-order valence-electron chi connectivity index (χ2n) is 5.41. The Morgan fingerprint density at radius 3 is 2.75 bits per heavy atom. The highest BCUT2D eigenvalue weighted by Gasteiger charge is 2.30. The Labute approximate surface area is 119 Å². The maximum absolute atomic E-state index is 5.43. The van der Waals surface area contributed by atoms with Gasteiger partial charge in [0.15, 0.2) is 6.29 Å². The predicted molar refractivity (Wildman–Crippen MR) is 75.0 cm³/mol. The van der Waals surface area contributed by atoms with Gasteiger partial charge < -0.3 is 19.5 Å². The van der Waals surface area contributed by atoms with E-state index in [-0.39, 0.29) is 12.3 Å². The van der Waals surface area contributed by atoms with E-state index in [9.17, 15) is 0 Å². The number of nitrogens with zero attached hydrogens (tertiary/aromatic N) is 2. The van der Waals surface area contributed by atoms with Crippen molar-refractivity contribution < 1.29 is 14.2 Å². The van der Waals surface area contributed by atoms with Crippen molar-refractivity contribution in [3.05, 3.63) is 11.8 Å². The molecule has 1 fully saturated rings. The third-order valence-corrected chi connectivity index (χ3v) is 4.23. The van der Waals surface area contributed by atoms with Crippen LogP contribution in [-0.2, 0) is 14.2 Å². The lowest BCUT2D eigenvalue weighted by Gasteiger charge is -2.30. The van der Waals surface area contributed by atoms with Gasteiger partial charge in [-0.1, -0.05) is 0 Å². The van der Waals surface area contributed by atoms with E-state index < -0.39 is 0 Å². The van der Waals surface area contributed by atoms with E-state index in [1.54, 1.807) is 14.2 Å². The molecule has 1 aromatic heterocycles. The van der Waals surface area contributed by atoms with Crippen LogP contribution >= 0.6 is 0 Å². The minimum atomic E-state index is -0.252. The molecule has 6 nitrogen and oxygen atoms in total. The number of fused-ring (bicyclic) bond motifs is 1. The molecule has 112 valence electrons. The first-order valence-corrected chi connectivity index (χ1v) is 7.30. The average Bonchev–Trinajstić information content (AvgIpc) is 2.94. The Hall–Kier alpha value is -1.11. The van der Waals surface area contributed by atoms with E-state index in [1.807, 2.05) is 4.68 Å². The van der Waals surface area contributed by atoms with Crippen LogP contribution in [-0.4, -0.2) is 50.0 Å². The number of methoxy groups -OCH3 is 2. The summed E-state index contributed by atoms with van der Waals surface area (Å²) < 4.78 is 18.3. The van der Waals surface area contributed by atoms with Crippen molar-refractivity contribution in [1.29, 1.82) is 0 Å². The monoisotopic (exact) mass is 281 g/mol. The fourth-order valence-electron chi connectivity index (χ4n) is 3.12. The Balaban J connectivity index is 1.84. The van der Waals surface area contributed by atoms with E-state index >= 15 is 0 Å². The van der Waals surface area contributed by atoms with Gasteiger partial charge in [-0.05, 0) is 19.3 Å². The zero-order valence-corrected chi connectivity index (χ0v) is 12.2. The second-order valence-corrected chi connectivity index (χ2v) is 5.41. The number of aromatic nitrogens is 2. The number of ether oxygens (including phenoxy) is 3. The molecule has 0 aliphatic carbocycles. The molecule has 1 aromatic rings. The third kappa shape index (κ3) is 2.55. The first-order chi connectivity index (χ1) is 9.83. The fraction of sp³-hybridized carbons (Fsp3) is 0.786. The number of nitrogens with one attached hydrogen (secondary N) is 1. The van der Waals surface area contributed by atoms with Crippen LogP contribution in [0.4, 0.5) is 5.82 Å². The summed E-state index contributed by atoms with van der Waals surface area (Å²) in [6.07, 6.45) is 2.81. The Morgan fingerprint density at radius 2 is 2.05 bits per heavy atom. The van der Waals surface area contributed by atoms with Crippen molar-refractivity contribution in [3.63, 3.8) is 0 Å². The summed E-state index contributed by atoms with van der Waals surface area (Å²) in [4.78, 5) is 0. The molecule has 1 atom stereocenters. The third-order valence-electron chi connectivity index (χ3n) is 4.23. The Bertz CT molecular complexity index is 439. The highest BCUT2D eigenvalue weighted by Crippen LogP contribution is 2.33. The van der Waals surface area contributed by atoms with Gasteiger partial charge in [0.2, 0.25) is 0 Å². The first-order valence-electron chi connectivity index (χ1n) is 7.30. The summed E-state index contributed by atoms with van der Waals surface area (Å²) in [5.41, 5.74) is 1.16. The fourth-order valence-corrected chi connectivity index (χ4v) is 3.12. The van der Waals surface area contributed by atoms with Gasteiger partial charge >= 0.3 is 0 Å². The summed E-state index contributed by atoms with van der Waals surface area (Å²) >= 11 is 0. The van der Waals surface area contributed by atoms with Crippen molar-refractivity contribution in [1.82, 2.24) is 9.78 Å². The topological polar surface area (TPSA) is 57.5 Å². The molecule has 0 spiro atoms. The van der Waals surface area contributed by atoms with Crippen LogP contribution in [0.15, 0.2) is 6.07 Å². The molecule has 3 heterocycles. The number of rotatable bonds is 4. The molecule has 1 saturated heterocycles. The average molecular weight is 281 g/mol. The summed E-state index contributed by atoms with van der Waals surface area (Å²) in [5, 5.41) is 8.22. The van der Waals surface area contributed by atoms with E-state index in [4.69, 9.17) is 19.3 Å². The van der Waals surface area contributed by atoms with Gasteiger partial charge in [0, 0.05) is 46.0 Å². The molecule has 3 rings (SSSR count). The van der Waals surface area contributed by atoms with E-state index in [0.29, 0.717) is 5.92 Å². The Kier molecular flexibility index (Phi) is 4.24. The van der Waals surface area contributed by atoms with Crippen molar-refractivity contribution >= 4 is 5.82 Å². The maximum Gasteiger partial charge on any atom is 0.179 e. The van der Waals surface area contributed by atoms with Crippen LogP contribution in [0.5, 0.6) is 0 Å². The predicted octanol–water partition coefficient (Wildman–Crippen LogP) is 1.75. The van der Waals surface area contributed by atoms with Crippen LogP contribution in [0.25, 0.3) is 0 Å². The standard InChI is InChI=1S/C14H23N3O3/c1-18-14(19-2)12-3-6-15-13-9-11(16-17(12)13)10-4-7-20-8-5-10/h9-10,12,14-15H,3-8H2,1-2H3. The quantitative estimate of drug-likeness (QED) is 0.852. The van der Waals surface area contributed by atoms with Crippen LogP contribution in [0.2, 0.25) is 0 Å². The van der Waals surface area contributed by atoms with Gasteiger partial charge in [-0.25, -0.2) is 4.68 Å². The largest absolute Gasteiger partial charge is 0.381 e. The zero-order valence-electron chi connectivity index (χ0n) is 12.2. The normalized spacial score (nSPS) is 23.6. The molecule has 0 amide bonds. The van der Waals surface area contributed by atoms with Gasteiger partial charge in [-0.3, -0.25) is 0 Å². The summed E-state index contributed by atoms with van der Waals surface area (Å²) in [6, 6.07) is 2.31. The van der Waals surface area contributed by atoms with Crippen LogP contribution in [0.3, 0.4) is 0 Å². The summed E-state index contributed by atoms with van der Waals surface area (Å²) in [5.74, 6) is 1.58. The molecule has 1 unspecified atom stereocenters. The van der Waals surface area contributed by atoms with Gasteiger partial charge in [-0.15, -0.1) is 0 Å². The van der Waals surface area contributed by atoms with Gasteiger partial charge in [0.1, 0.15) is 11.9 Å². The smallest absolute Gasteiger partial charge is 0.179 e. The highest BCUT2D eigenvalue weighted by atomic mass is 16.7. The van der Waals surface area contributed by atoms with Crippen molar-refractivity contribution in [2.45, 2.75) is 37.5 Å².